The largest absolute Gasteiger partial charge is 0.0616 e. The van der Waals surface area contributed by atoms with Gasteiger partial charge < -0.3 is 0 Å². The van der Waals surface area contributed by atoms with Gasteiger partial charge in [0.1, 0.15) is 0 Å². The average Bonchev–Trinajstić information content (AvgIpc) is 3.37. The first-order chi connectivity index (χ1) is 23.1. The lowest BCUT2D eigenvalue weighted by Gasteiger charge is -2.27. The van der Waals surface area contributed by atoms with Gasteiger partial charge in [0, 0.05) is 5.41 Å². The lowest BCUT2D eigenvalue weighted by Crippen LogP contribution is -2.17. The summed E-state index contributed by atoms with van der Waals surface area (Å²) in [6.45, 7) is 4.84. The van der Waals surface area contributed by atoms with Gasteiger partial charge in [-0.25, -0.2) is 0 Å². The Balaban J connectivity index is 1.30. The Labute approximate surface area is 274 Å². The van der Waals surface area contributed by atoms with E-state index in [9.17, 15) is 0 Å². The first-order valence-electron chi connectivity index (χ1n) is 16.6. The van der Waals surface area contributed by atoms with Crippen molar-refractivity contribution in [3.05, 3.63) is 169 Å². The normalized spacial score (nSPS) is 13.5. The molecule has 0 aliphatic heterocycles. The zero-order valence-electron chi connectivity index (χ0n) is 26.5. The fraction of sp³-hybridized carbons (Fsp3) is 0.0638. The van der Waals surface area contributed by atoms with Crippen LogP contribution in [0.5, 0.6) is 0 Å². The average molecular weight is 597 g/mol. The fourth-order valence-corrected chi connectivity index (χ4v) is 8.84. The van der Waals surface area contributed by atoms with Gasteiger partial charge in [-0.15, -0.1) is 0 Å². The van der Waals surface area contributed by atoms with Crippen LogP contribution < -0.4 is 0 Å². The second-order valence-corrected chi connectivity index (χ2v) is 13.6. The molecule has 0 saturated heterocycles. The van der Waals surface area contributed by atoms with Crippen LogP contribution in [0.15, 0.2) is 158 Å². The second-order valence-electron chi connectivity index (χ2n) is 13.6. The van der Waals surface area contributed by atoms with Gasteiger partial charge in [0.25, 0.3) is 0 Å². The van der Waals surface area contributed by atoms with Crippen molar-refractivity contribution in [2.45, 2.75) is 19.3 Å². The molecule has 0 fully saturated rings. The third-order valence-electron chi connectivity index (χ3n) is 10.8. The van der Waals surface area contributed by atoms with Gasteiger partial charge in [-0.05, 0) is 104 Å². The summed E-state index contributed by atoms with van der Waals surface area (Å²) in [5, 5.41) is 13.0. The molecule has 0 aromatic heterocycles. The highest BCUT2D eigenvalue weighted by Crippen LogP contribution is 2.56. The lowest BCUT2D eigenvalue weighted by atomic mass is 9.76. The summed E-state index contributed by atoms with van der Waals surface area (Å²) in [4.78, 5) is 0. The smallest absolute Gasteiger partial charge is 0.0171 e. The molecule has 0 heteroatoms. The van der Waals surface area contributed by atoms with Crippen LogP contribution in [0.4, 0.5) is 0 Å². The van der Waals surface area contributed by atoms with E-state index in [4.69, 9.17) is 0 Å². The molecule has 0 radical (unpaired) electrons. The summed E-state index contributed by atoms with van der Waals surface area (Å²) in [6, 6.07) is 58.8. The first-order valence-corrected chi connectivity index (χ1v) is 16.6. The molecule has 0 bridgehead atoms. The Morgan fingerprint density at radius 2 is 0.787 bits per heavy atom. The van der Waals surface area contributed by atoms with E-state index in [1.165, 1.54) is 98.4 Å². The molecule has 9 aromatic carbocycles. The van der Waals surface area contributed by atoms with Crippen LogP contribution in [0.3, 0.4) is 0 Å². The molecule has 0 heterocycles. The Morgan fingerprint density at radius 3 is 1.47 bits per heavy atom. The number of hydrogen-bond acceptors (Lipinski definition) is 0. The lowest BCUT2D eigenvalue weighted by molar-refractivity contribution is 0.668. The zero-order chi connectivity index (χ0) is 31.3. The molecule has 0 saturated carbocycles. The maximum atomic E-state index is 2.42. The van der Waals surface area contributed by atoms with Crippen LogP contribution in [-0.4, -0.2) is 0 Å². The molecule has 0 spiro atoms. The van der Waals surface area contributed by atoms with Crippen molar-refractivity contribution in [2.24, 2.45) is 0 Å². The van der Waals surface area contributed by atoms with Crippen LogP contribution in [0.25, 0.3) is 87.2 Å². The van der Waals surface area contributed by atoms with Crippen LogP contribution in [0, 0.1) is 0 Å². The maximum absolute atomic E-state index is 2.42. The van der Waals surface area contributed by atoms with Crippen LogP contribution in [-0.2, 0) is 5.41 Å². The molecule has 0 unspecified atom stereocenters. The summed E-state index contributed by atoms with van der Waals surface area (Å²) >= 11 is 0. The van der Waals surface area contributed by atoms with E-state index in [-0.39, 0.29) is 5.41 Å². The Kier molecular flexibility index (Phi) is 5.44. The molecule has 220 valence electrons. The van der Waals surface area contributed by atoms with E-state index in [1.54, 1.807) is 0 Å². The molecule has 9 aromatic rings. The molecule has 47 heavy (non-hydrogen) atoms. The van der Waals surface area contributed by atoms with Gasteiger partial charge >= 0.3 is 0 Å². The summed E-state index contributed by atoms with van der Waals surface area (Å²) < 4.78 is 0. The maximum Gasteiger partial charge on any atom is 0.0171 e. The fourth-order valence-electron chi connectivity index (χ4n) is 8.84. The minimum Gasteiger partial charge on any atom is -0.0616 e. The van der Waals surface area contributed by atoms with Crippen molar-refractivity contribution in [2.75, 3.05) is 0 Å². The molecule has 0 amide bonds. The van der Waals surface area contributed by atoms with E-state index in [2.05, 4.69) is 172 Å². The second kappa shape index (κ2) is 9.64. The van der Waals surface area contributed by atoms with Crippen molar-refractivity contribution < 1.29 is 0 Å². The monoisotopic (exact) mass is 596 g/mol. The van der Waals surface area contributed by atoms with Crippen molar-refractivity contribution in [1.29, 1.82) is 0 Å². The Bertz CT molecular complexity index is 2700. The molecule has 1 aliphatic carbocycles. The summed E-state index contributed by atoms with van der Waals surface area (Å²) in [7, 11) is 0. The quantitative estimate of drug-likeness (QED) is 0.138. The highest BCUT2D eigenvalue weighted by Gasteiger charge is 2.39. The molecule has 10 rings (SSSR count). The van der Waals surface area contributed by atoms with Crippen molar-refractivity contribution in [1.82, 2.24) is 0 Å². The van der Waals surface area contributed by atoms with Crippen LogP contribution in [0.1, 0.15) is 25.0 Å². The zero-order valence-corrected chi connectivity index (χ0v) is 26.5. The Hall–Kier alpha value is -5.72. The molecular formula is C47H32. The number of fused-ring (bicyclic) bond motifs is 10. The van der Waals surface area contributed by atoms with Crippen LogP contribution in [0.2, 0.25) is 0 Å². The van der Waals surface area contributed by atoms with Gasteiger partial charge in [-0.3, -0.25) is 0 Å². The van der Waals surface area contributed by atoms with Gasteiger partial charge in [0.2, 0.25) is 0 Å². The number of rotatable bonds is 2. The minimum atomic E-state index is -0.164. The van der Waals surface area contributed by atoms with E-state index in [0.29, 0.717) is 0 Å². The summed E-state index contributed by atoms with van der Waals surface area (Å²) in [6.07, 6.45) is 0. The molecule has 1 aliphatic rings. The van der Waals surface area contributed by atoms with Crippen molar-refractivity contribution in [3.63, 3.8) is 0 Å². The summed E-state index contributed by atoms with van der Waals surface area (Å²) in [5.74, 6) is 0. The number of hydrogen-bond donors (Lipinski definition) is 0. The molecule has 0 nitrogen and oxygen atoms in total. The van der Waals surface area contributed by atoms with E-state index in [0.717, 1.165) is 0 Å². The Morgan fingerprint density at radius 1 is 0.319 bits per heavy atom. The molecule has 0 N–H and O–H groups in total. The first kappa shape index (κ1) is 26.5. The van der Waals surface area contributed by atoms with Gasteiger partial charge in [-0.2, -0.15) is 0 Å². The topological polar surface area (TPSA) is 0 Å². The highest BCUT2D eigenvalue weighted by atomic mass is 14.4. The summed E-state index contributed by atoms with van der Waals surface area (Å²) in [5.41, 5.74) is 10.6. The van der Waals surface area contributed by atoms with Crippen molar-refractivity contribution >= 4 is 53.9 Å². The SMILES string of the molecule is CC1(C)c2c(cccc2-c2c3ccccc3c(-c3ccc4ccc5ccccc5c4c3)c3ccccc23)-c2ccc3ccccc3c21. The van der Waals surface area contributed by atoms with Gasteiger partial charge in [0.15, 0.2) is 0 Å². The third kappa shape index (κ3) is 3.64. The van der Waals surface area contributed by atoms with Crippen LogP contribution >= 0.6 is 0 Å². The van der Waals surface area contributed by atoms with E-state index < -0.39 is 0 Å². The van der Waals surface area contributed by atoms with E-state index >= 15 is 0 Å². The van der Waals surface area contributed by atoms with E-state index in [1.807, 2.05) is 0 Å². The number of benzene rings is 9. The van der Waals surface area contributed by atoms with Crippen molar-refractivity contribution in [3.8, 4) is 33.4 Å². The third-order valence-corrected chi connectivity index (χ3v) is 10.8. The standard InChI is InChI=1S/C47H32/c1-47(2)45-34-15-6-4-13-30(34)26-27-40(45)39-20-11-21-41(46(39)47)44-37-18-9-7-16-35(37)43(36-17-8-10-19-38(36)44)32-25-24-31-23-22-29-12-3-5-14-33(29)42(31)28-32/h3-28H,1-2H3. The minimum absolute atomic E-state index is 0.164. The molecule has 0 atom stereocenters. The highest BCUT2D eigenvalue weighted by molar-refractivity contribution is 6.23. The molecular weight excluding hydrogens is 565 g/mol. The predicted molar refractivity (Wildman–Crippen MR) is 202 cm³/mol. The van der Waals surface area contributed by atoms with Gasteiger partial charge in [0.05, 0.1) is 0 Å². The van der Waals surface area contributed by atoms with Gasteiger partial charge in [-0.1, -0.05) is 166 Å². The predicted octanol–water partition coefficient (Wildman–Crippen LogP) is 13.1.